The van der Waals surface area contributed by atoms with Crippen molar-refractivity contribution in [2.24, 2.45) is 5.92 Å². The van der Waals surface area contributed by atoms with Crippen LogP contribution in [-0.2, 0) is 0 Å². The molecule has 3 aliphatic heterocycles. The van der Waals surface area contributed by atoms with Crippen molar-refractivity contribution in [2.45, 2.75) is 77.9 Å². The first-order valence-electron chi connectivity index (χ1n) is 11.5. The molecule has 3 heterocycles. The fraction of sp³-hybridized carbons (Fsp3) is 1.00. The maximum absolute atomic E-state index is 2.83. The molecular formula is C22H44N4. The smallest absolute Gasteiger partial charge is 0.0121 e. The minimum atomic E-state index is 0.713. The molecule has 3 fully saturated rings. The van der Waals surface area contributed by atoms with E-state index in [9.17, 15) is 0 Å². The van der Waals surface area contributed by atoms with Gasteiger partial charge < -0.3 is 9.80 Å². The SMILES string of the molecule is CC(C)CCN1CCC(N2CCC(N3CCN(C(C)C)CC3)CC2)CC1. The molecule has 4 heteroatoms. The highest BCUT2D eigenvalue weighted by Crippen LogP contribution is 2.24. The maximum Gasteiger partial charge on any atom is 0.0121 e. The van der Waals surface area contributed by atoms with Crippen LogP contribution in [0.25, 0.3) is 0 Å². The number of piperazine rings is 1. The third-order valence-corrected chi connectivity index (χ3v) is 7.19. The highest BCUT2D eigenvalue weighted by Gasteiger charge is 2.31. The molecule has 0 unspecified atom stereocenters. The van der Waals surface area contributed by atoms with Crippen molar-refractivity contribution >= 4 is 0 Å². The summed E-state index contributed by atoms with van der Waals surface area (Å²) in [7, 11) is 0. The van der Waals surface area contributed by atoms with Crippen molar-refractivity contribution in [3.63, 3.8) is 0 Å². The Bertz CT molecular complexity index is 387. The van der Waals surface area contributed by atoms with Crippen LogP contribution >= 0.6 is 0 Å². The van der Waals surface area contributed by atoms with Crippen LogP contribution in [0, 0.1) is 5.92 Å². The second kappa shape index (κ2) is 9.86. The largest absolute Gasteiger partial charge is 0.303 e. The topological polar surface area (TPSA) is 13.0 Å². The molecule has 0 N–H and O–H groups in total. The van der Waals surface area contributed by atoms with E-state index in [1.807, 2.05) is 0 Å². The molecule has 0 aromatic carbocycles. The van der Waals surface area contributed by atoms with Crippen molar-refractivity contribution in [2.75, 3.05) is 58.9 Å². The van der Waals surface area contributed by atoms with E-state index in [-0.39, 0.29) is 0 Å². The molecule has 152 valence electrons. The van der Waals surface area contributed by atoms with Crippen molar-refractivity contribution < 1.29 is 0 Å². The summed E-state index contributed by atoms with van der Waals surface area (Å²) in [6.07, 6.45) is 6.95. The molecule has 0 aromatic rings. The van der Waals surface area contributed by atoms with Crippen molar-refractivity contribution in [3.8, 4) is 0 Å². The van der Waals surface area contributed by atoms with Crippen LogP contribution in [0.4, 0.5) is 0 Å². The van der Waals surface area contributed by atoms with E-state index in [1.54, 1.807) is 0 Å². The Balaban J connectivity index is 1.34. The Morgan fingerprint density at radius 3 is 1.65 bits per heavy atom. The third-order valence-electron chi connectivity index (χ3n) is 7.19. The number of rotatable bonds is 6. The van der Waals surface area contributed by atoms with E-state index in [2.05, 4.69) is 47.3 Å². The predicted octanol–water partition coefficient (Wildman–Crippen LogP) is 2.99. The van der Waals surface area contributed by atoms with Gasteiger partial charge in [0.2, 0.25) is 0 Å². The second-order valence-electron chi connectivity index (χ2n) is 9.69. The van der Waals surface area contributed by atoms with Crippen molar-refractivity contribution in [1.29, 1.82) is 0 Å². The summed E-state index contributed by atoms with van der Waals surface area (Å²) in [6.45, 7) is 21.1. The molecular weight excluding hydrogens is 320 g/mol. The van der Waals surface area contributed by atoms with Crippen molar-refractivity contribution in [1.82, 2.24) is 19.6 Å². The van der Waals surface area contributed by atoms with E-state index < -0.39 is 0 Å². The summed E-state index contributed by atoms with van der Waals surface area (Å²) in [5.41, 5.74) is 0. The summed E-state index contributed by atoms with van der Waals surface area (Å²) in [5.74, 6) is 0.842. The Morgan fingerprint density at radius 1 is 0.654 bits per heavy atom. The molecule has 0 atom stereocenters. The highest BCUT2D eigenvalue weighted by molar-refractivity contribution is 4.88. The molecule has 3 saturated heterocycles. The highest BCUT2D eigenvalue weighted by atomic mass is 15.3. The summed E-state index contributed by atoms with van der Waals surface area (Å²) in [6, 6.07) is 2.43. The lowest BCUT2D eigenvalue weighted by molar-refractivity contribution is 0.0274. The van der Waals surface area contributed by atoms with Crippen LogP contribution in [0.3, 0.4) is 0 Å². The molecule has 0 radical (unpaired) electrons. The molecule has 0 aromatic heterocycles. The average Bonchev–Trinajstić information content (AvgIpc) is 2.67. The van der Waals surface area contributed by atoms with Gasteiger partial charge in [-0.15, -0.1) is 0 Å². The molecule has 0 saturated carbocycles. The lowest BCUT2D eigenvalue weighted by atomic mass is 9.96. The summed E-state index contributed by atoms with van der Waals surface area (Å²) in [4.78, 5) is 11.0. The van der Waals surface area contributed by atoms with Crippen LogP contribution < -0.4 is 0 Å². The zero-order valence-electron chi connectivity index (χ0n) is 18.0. The molecule has 3 rings (SSSR count). The monoisotopic (exact) mass is 364 g/mol. The first-order valence-corrected chi connectivity index (χ1v) is 11.5. The Labute approximate surface area is 162 Å². The second-order valence-corrected chi connectivity index (χ2v) is 9.69. The molecule has 26 heavy (non-hydrogen) atoms. The summed E-state index contributed by atoms with van der Waals surface area (Å²) in [5, 5.41) is 0. The molecule has 0 spiro atoms. The fourth-order valence-electron chi connectivity index (χ4n) is 5.18. The predicted molar refractivity (Wildman–Crippen MR) is 112 cm³/mol. The number of hydrogen-bond acceptors (Lipinski definition) is 4. The Hall–Kier alpha value is -0.160. The minimum absolute atomic E-state index is 0.713. The molecule has 0 amide bonds. The quantitative estimate of drug-likeness (QED) is 0.718. The van der Waals surface area contributed by atoms with E-state index in [0.717, 1.165) is 18.0 Å². The minimum Gasteiger partial charge on any atom is -0.303 e. The van der Waals surface area contributed by atoms with Gasteiger partial charge in [-0.1, -0.05) is 13.8 Å². The number of likely N-dealkylation sites (tertiary alicyclic amines) is 2. The average molecular weight is 365 g/mol. The first-order chi connectivity index (χ1) is 12.5. The van der Waals surface area contributed by atoms with Gasteiger partial charge in [0.15, 0.2) is 0 Å². The maximum atomic E-state index is 2.83. The normalized spacial score (nSPS) is 27.0. The van der Waals surface area contributed by atoms with Crippen LogP contribution in [0.5, 0.6) is 0 Å². The standard InChI is InChI=1S/C22H44N4/c1-19(2)5-10-23-11-6-21(7-12-23)25-13-8-22(9-14-25)26-17-15-24(16-18-26)20(3)4/h19-22H,5-18H2,1-4H3. The van der Waals surface area contributed by atoms with Gasteiger partial charge >= 0.3 is 0 Å². The van der Waals surface area contributed by atoms with E-state index in [0.29, 0.717) is 6.04 Å². The first kappa shape index (κ1) is 20.6. The summed E-state index contributed by atoms with van der Waals surface area (Å²) >= 11 is 0. The van der Waals surface area contributed by atoms with E-state index >= 15 is 0 Å². The zero-order valence-corrected chi connectivity index (χ0v) is 18.0. The number of piperidine rings is 2. The van der Waals surface area contributed by atoms with Gasteiger partial charge in [0.25, 0.3) is 0 Å². The zero-order chi connectivity index (χ0) is 18.5. The van der Waals surface area contributed by atoms with Crippen LogP contribution in [0.1, 0.15) is 59.8 Å². The van der Waals surface area contributed by atoms with E-state index in [1.165, 1.54) is 91.0 Å². The van der Waals surface area contributed by atoms with Gasteiger partial charge in [0.05, 0.1) is 0 Å². The molecule has 0 aliphatic carbocycles. The Kier molecular flexibility index (Phi) is 7.80. The van der Waals surface area contributed by atoms with Crippen LogP contribution in [-0.4, -0.2) is 96.6 Å². The molecule has 0 bridgehead atoms. The van der Waals surface area contributed by atoms with Gasteiger partial charge in [0, 0.05) is 44.3 Å². The lowest BCUT2D eigenvalue weighted by Crippen LogP contribution is -2.55. The van der Waals surface area contributed by atoms with E-state index in [4.69, 9.17) is 0 Å². The Morgan fingerprint density at radius 2 is 1.15 bits per heavy atom. The van der Waals surface area contributed by atoms with Gasteiger partial charge in [-0.2, -0.15) is 0 Å². The third kappa shape index (κ3) is 5.67. The lowest BCUT2D eigenvalue weighted by Gasteiger charge is -2.46. The van der Waals surface area contributed by atoms with Gasteiger partial charge in [-0.3, -0.25) is 9.80 Å². The van der Waals surface area contributed by atoms with Gasteiger partial charge in [-0.25, -0.2) is 0 Å². The fourth-order valence-corrected chi connectivity index (χ4v) is 5.18. The summed E-state index contributed by atoms with van der Waals surface area (Å²) < 4.78 is 0. The molecule has 3 aliphatic rings. The van der Waals surface area contributed by atoms with Crippen molar-refractivity contribution in [3.05, 3.63) is 0 Å². The number of nitrogens with zero attached hydrogens (tertiary/aromatic N) is 4. The number of hydrogen-bond donors (Lipinski definition) is 0. The molecule has 4 nitrogen and oxygen atoms in total. The van der Waals surface area contributed by atoms with Gasteiger partial charge in [-0.05, 0) is 84.6 Å². The van der Waals surface area contributed by atoms with Crippen LogP contribution in [0.15, 0.2) is 0 Å². The van der Waals surface area contributed by atoms with Gasteiger partial charge in [0.1, 0.15) is 0 Å². The van der Waals surface area contributed by atoms with Crippen LogP contribution in [0.2, 0.25) is 0 Å².